The Bertz CT molecular complexity index is 532. The first-order valence-corrected chi connectivity index (χ1v) is 9.62. The zero-order valence-electron chi connectivity index (χ0n) is 10.0. The second-order valence-corrected chi connectivity index (χ2v) is 7.50. The maximum Gasteiger partial charge on any atom is 0.123 e. The lowest BCUT2D eigenvalue weighted by Gasteiger charge is -2.30. The molecule has 0 bridgehead atoms. The average Bonchev–Trinajstić information content (AvgIpc) is 2.82. The van der Waals surface area contributed by atoms with E-state index in [-0.39, 0.29) is 11.2 Å². The molecule has 0 spiro atoms. The fourth-order valence-electron chi connectivity index (χ4n) is 1.97. The molecule has 0 N–H and O–H groups in total. The smallest absolute Gasteiger partial charge is 0.123 e. The lowest BCUT2D eigenvalue weighted by Crippen LogP contribution is -2.32. The van der Waals surface area contributed by atoms with Crippen LogP contribution in [-0.4, -0.2) is 10.7 Å². The third kappa shape index (κ3) is 3.69. The molecular formula is C14H12Br3FS. The van der Waals surface area contributed by atoms with Gasteiger partial charge in [-0.15, -0.1) is 11.3 Å². The molecule has 1 aromatic heterocycles. The zero-order valence-corrected chi connectivity index (χ0v) is 15.6. The number of hydrogen-bond acceptors (Lipinski definition) is 1. The van der Waals surface area contributed by atoms with E-state index in [1.165, 1.54) is 17.0 Å². The minimum absolute atomic E-state index is 0.0575. The normalized spacial score (nSPS) is 11.8. The second-order valence-electron chi connectivity index (χ2n) is 4.46. The van der Waals surface area contributed by atoms with E-state index in [0.717, 1.165) is 27.1 Å². The Morgan fingerprint density at radius 2 is 1.74 bits per heavy atom. The number of hydrogen-bond donors (Lipinski definition) is 0. The van der Waals surface area contributed by atoms with E-state index >= 15 is 0 Å². The van der Waals surface area contributed by atoms with Gasteiger partial charge in [-0.3, -0.25) is 0 Å². The molecule has 0 atom stereocenters. The van der Waals surface area contributed by atoms with Gasteiger partial charge in [0.2, 0.25) is 0 Å². The third-order valence-electron chi connectivity index (χ3n) is 3.10. The lowest BCUT2D eigenvalue weighted by molar-refractivity contribution is 0.552. The van der Waals surface area contributed by atoms with Crippen molar-refractivity contribution in [2.24, 2.45) is 0 Å². The molecule has 0 unspecified atom stereocenters. The molecule has 102 valence electrons. The highest BCUT2D eigenvalue weighted by Crippen LogP contribution is 2.35. The van der Waals surface area contributed by atoms with Crippen LogP contribution in [0.1, 0.15) is 10.4 Å². The monoisotopic (exact) mass is 468 g/mol. The molecule has 1 heterocycles. The number of benzene rings is 1. The summed E-state index contributed by atoms with van der Waals surface area (Å²) < 4.78 is 14.2. The molecule has 0 aliphatic heterocycles. The van der Waals surface area contributed by atoms with Gasteiger partial charge in [-0.1, -0.05) is 44.0 Å². The van der Waals surface area contributed by atoms with Gasteiger partial charge in [0.1, 0.15) is 5.82 Å². The molecule has 0 radical (unpaired) electrons. The number of rotatable bonds is 5. The van der Waals surface area contributed by atoms with Crippen molar-refractivity contribution in [1.82, 2.24) is 0 Å². The third-order valence-corrected chi connectivity index (χ3v) is 6.95. The van der Waals surface area contributed by atoms with Crippen molar-refractivity contribution < 1.29 is 4.39 Å². The van der Waals surface area contributed by atoms with Gasteiger partial charge >= 0.3 is 0 Å². The van der Waals surface area contributed by atoms with E-state index in [9.17, 15) is 4.39 Å². The molecule has 0 fully saturated rings. The highest BCUT2D eigenvalue weighted by Gasteiger charge is 2.31. The molecule has 0 nitrogen and oxygen atoms in total. The van der Waals surface area contributed by atoms with Crippen molar-refractivity contribution in [1.29, 1.82) is 0 Å². The largest absolute Gasteiger partial charge is 0.207 e. The maximum absolute atomic E-state index is 13.1. The fraction of sp³-hybridized carbons (Fsp3) is 0.286. The van der Waals surface area contributed by atoms with E-state index < -0.39 is 0 Å². The van der Waals surface area contributed by atoms with Crippen molar-refractivity contribution in [3.63, 3.8) is 0 Å². The van der Waals surface area contributed by atoms with Gasteiger partial charge in [-0.25, -0.2) is 4.39 Å². The summed E-state index contributed by atoms with van der Waals surface area (Å²) in [6.45, 7) is 0. The Morgan fingerprint density at radius 1 is 1.11 bits per heavy atom. The van der Waals surface area contributed by atoms with Crippen molar-refractivity contribution in [2.45, 2.75) is 11.8 Å². The van der Waals surface area contributed by atoms with Crippen LogP contribution in [0.4, 0.5) is 4.39 Å². The van der Waals surface area contributed by atoms with Crippen LogP contribution in [0.15, 0.2) is 40.2 Å². The SMILES string of the molecule is Fc1ccc(C(CBr)(CBr)Cc2cc(Br)cs2)cc1. The summed E-state index contributed by atoms with van der Waals surface area (Å²) in [6, 6.07) is 8.95. The lowest BCUT2D eigenvalue weighted by atomic mass is 9.81. The first kappa shape index (κ1) is 15.7. The van der Waals surface area contributed by atoms with Crippen LogP contribution in [-0.2, 0) is 11.8 Å². The number of thiophene rings is 1. The summed E-state index contributed by atoms with van der Waals surface area (Å²) in [7, 11) is 0. The Hall–Kier alpha value is 0.290. The van der Waals surface area contributed by atoms with Crippen LogP contribution in [0, 0.1) is 5.82 Å². The molecule has 2 aromatic rings. The summed E-state index contributed by atoms with van der Waals surface area (Å²) >= 11 is 12.5. The van der Waals surface area contributed by atoms with Crippen LogP contribution < -0.4 is 0 Å². The predicted octanol–water partition coefficient (Wildman–Crippen LogP) is 5.92. The molecular weight excluding hydrogens is 459 g/mol. The summed E-state index contributed by atoms with van der Waals surface area (Å²) in [5, 5.41) is 3.74. The molecule has 0 amide bonds. The predicted molar refractivity (Wildman–Crippen MR) is 91.4 cm³/mol. The number of halogens is 4. The molecule has 0 aliphatic carbocycles. The number of alkyl halides is 2. The van der Waals surface area contributed by atoms with E-state index in [1.54, 1.807) is 11.3 Å². The van der Waals surface area contributed by atoms with Gasteiger partial charge in [0.25, 0.3) is 0 Å². The Balaban J connectivity index is 2.33. The quantitative estimate of drug-likeness (QED) is 0.476. The van der Waals surface area contributed by atoms with Gasteiger partial charge in [0, 0.05) is 30.8 Å². The Kier molecular flexibility index (Phi) is 5.64. The maximum atomic E-state index is 13.1. The van der Waals surface area contributed by atoms with E-state index in [1.807, 2.05) is 12.1 Å². The van der Waals surface area contributed by atoms with Gasteiger partial charge < -0.3 is 0 Å². The molecule has 0 saturated carbocycles. The summed E-state index contributed by atoms with van der Waals surface area (Å²) in [5.41, 5.74) is 1.09. The van der Waals surface area contributed by atoms with Gasteiger partial charge in [0.05, 0.1) is 0 Å². The Labute approximate surface area is 141 Å². The zero-order chi connectivity index (χ0) is 13.9. The van der Waals surface area contributed by atoms with Crippen molar-refractivity contribution in [3.05, 3.63) is 56.4 Å². The van der Waals surface area contributed by atoms with Gasteiger partial charge in [-0.05, 0) is 46.1 Å². The highest BCUT2D eigenvalue weighted by atomic mass is 79.9. The van der Waals surface area contributed by atoms with Crippen molar-refractivity contribution in [3.8, 4) is 0 Å². The standard InChI is InChI=1S/C14H12Br3FS/c15-8-14(9-16,6-13-5-11(17)7-19-13)10-1-3-12(18)4-2-10/h1-5,7H,6,8-9H2. The molecule has 0 saturated heterocycles. The van der Waals surface area contributed by atoms with E-state index in [4.69, 9.17) is 0 Å². The molecule has 2 rings (SSSR count). The van der Waals surface area contributed by atoms with Crippen molar-refractivity contribution >= 4 is 59.1 Å². The van der Waals surface area contributed by atoms with Crippen molar-refractivity contribution in [2.75, 3.05) is 10.7 Å². The van der Waals surface area contributed by atoms with Crippen LogP contribution >= 0.6 is 59.1 Å². The van der Waals surface area contributed by atoms with Crippen LogP contribution in [0.3, 0.4) is 0 Å². The molecule has 5 heteroatoms. The van der Waals surface area contributed by atoms with E-state index in [0.29, 0.717) is 0 Å². The summed E-state index contributed by atoms with van der Waals surface area (Å²) in [6.07, 6.45) is 0.922. The molecule has 19 heavy (non-hydrogen) atoms. The molecule has 0 aliphatic rings. The fourth-order valence-corrected chi connectivity index (χ4v) is 5.54. The Morgan fingerprint density at radius 3 is 2.21 bits per heavy atom. The summed E-state index contributed by atoms with van der Waals surface area (Å²) in [4.78, 5) is 1.31. The molecule has 1 aromatic carbocycles. The average molecular weight is 471 g/mol. The first-order valence-electron chi connectivity index (χ1n) is 5.70. The van der Waals surface area contributed by atoms with E-state index in [2.05, 4.69) is 59.2 Å². The summed E-state index contributed by atoms with van der Waals surface area (Å²) in [5.74, 6) is -0.194. The minimum Gasteiger partial charge on any atom is -0.207 e. The minimum atomic E-state index is -0.194. The first-order chi connectivity index (χ1) is 9.09. The van der Waals surface area contributed by atoms with Crippen LogP contribution in [0.25, 0.3) is 0 Å². The van der Waals surface area contributed by atoms with Gasteiger partial charge in [-0.2, -0.15) is 0 Å². The van der Waals surface area contributed by atoms with Crippen LogP contribution in [0.2, 0.25) is 0 Å². The van der Waals surface area contributed by atoms with Gasteiger partial charge in [0.15, 0.2) is 0 Å². The second kappa shape index (κ2) is 6.83. The highest BCUT2D eigenvalue weighted by molar-refractivity contribution is 9.10. The van der Waals surface area contributed by atoms with Crippen LogP contribution in [0.5, 0.6) is 0 Å². The topological polar surface area (TPSA) is 0 Å².